The van der Waals surface area contributed by atoms with Crippen LogP contribution < -0.4 is 0 Å². The van der Waals surface area contributed by atoms with Crippen LogP contribution in [0.3, 0.4) is 0 Å². The second-order valence-corrected chi connectivity index (χ2v) is 20.4. The van der Waals surface area contributed by atoms with Crippen molar-refractivity contribution in [2.24, 2.45) is 0 Å². The smallest absolute Gasteiger partial charge is 0.348 e. The van der Waals surface area contributed by atoms with E-state index in [0.29, 0.717) is 0 Å². The predicted molar refractivity (Wildman–Crippen MR) is 90.4 cm³/mol. The third-order valence-electron chi connectivity index (χ3n) is 1.67. The Bertz CT molecular complexity index is 375. The van der Waals surface area contributed by atoms with Crippen LogP contribution in [0.5, 0.6) is 0 Å². The van der Waals surface area contributed by atoms with E-state index in [1.807, 2.05) is 39.3 Å². The molecule has 5 nitrogen and oxygen atoms in total. The van der Waals surface area contributed by atoms with Gasteiger partial charge in [0.15, 0.2) is 23.0 Å². The fraction of sp³-hybridized carbons (Fsp3) is 0.909. The SMILES string of the molecule is CC(C)(Br)C(=O)OCP(=O)(O[Si](C)(C)C)O[Si](C)(C)C. The lowest BCUT2D eigenvalue weighted by Gasteiger charge is -2.31. The Morgan fingerprint density at radius 3 is 1.65 bits per heavy atom. The van der Waals surface area contributed by atoms with Crippen molar-refractivity contribution in [3.05, 3.63) is 0 Å². The van der Waals surface area contributed by atoms with Gasteiger partial charge < -0.3 is 13.2 Å². The molecule has 0 aromatic rings. The number of esters is 1. The van der Waals surface area contributed by atoms with E-state index in [1.165, 1.54) is 0 Å². The van der Waals surface area contributed by atoms with Crippen molar-refractivity contribution < 1.29 is 22.5 Å². The van der Waals surface area contributed by atoms with E-state index >= 15 is 0 Å². The Labute approximate surface area is 132 Å². The molecule has 0 amide bonds. The number of halogens is 1. The van der Waals surface area contributed by atoms with Crippen molar-refractivity contribution in [3.63, 3.8) is 0 Å². The summed E-state index contributed by atoms with van der Waals surface area (Å²) < 4.78 is 28.5. The van der Waals surface area contributed by atoms with E-state index in [-0.39, 0.29) is 6.35 Å². The van der Waals surface area contributed by atoms with Crippen LogP contribution in [0.2, 0.25) is 39.3 Å². The van der Waals surface area contributed by atoms with Gasteiger partial charge in [-0.3, -0.25) is 9.36 Å². The normalized spacial score (nSPS) is 14.2. The van der Waals surface area contributed by atoms with Crippen LogP contribution in [0.25, 0.3) is 0 Å². The Hall–Kier alpha value is 0.534. The first kappa shape index (κ1) is 20.5. The van der Waals surface area contributed by atoms with E-state index in [9.17, 15) is 9.36 Å². The molecule has 0 radical (unpaired) electrons. The molecule has 0 aromatic heterocycles. The monoisotopic (exact) mass is 404 g/mol. The van der Waals surface area contributed by atoms with Crippen molar-refractivity contribution in [1.82, 2.24) is 0 Å². The molecule has 0 N–H and O–H groups in total. The highest BCUT2D eigenvalue weighted by Gasteiger charge is 2.39. The van der Waals surface area contributed by atoms with Gasteiger partial charge in [-0.2, -0.15) is 0 Å². The summed E-state index contributed by atoms with van der Waals surface area (Å²) in [6.07, 6.45) is -0.338. The molecule has 20 heavy (non-hydrogen) atoms. The molecule has 9 heteroatoms. The molecule has 0 saturated heterocycles. The summed E-state index contributed by atoms with van der Waals surface area (Å²) in [7, 11) is -7.58. The molecule has 0 fully saturated rings. The van der Waals surface area contributed by atoms with E-state index in [4.69, 9.17) is 13.2 Å². The Balaban J connectivity index is 4.98. The molecule has 0 saturated carbocycles. The number of carbonyl (C=O) groups is 1. The van der Waals surface area contributed by atoms with Crippen LogP contribution >= 0.6 is 23.5 Å². The minimum Gasteiger partial charge on any atom is -0.452 e. The molecule has 120 valence electrons. The first-order valence-corrected chi connectivity index (χ1v) is 15.7. The second kappa shape index (κ2) is 6.75. The van der Waals surface area contributed by atoms with Crippen LogP contribution in [0.1, 0.15) is 13.8 Å². The molecule has 0 heterocycles. The average Bonchev–Trinajstić information content (AvgIpc) is 2.05. The van der Waals surface area contributed by atoms with Gasteiger partial charge in [-0.25, -0.2) is 0 Å². The number of alkyl halides is 1. The zero-order chi connectivity index (χ0) is 16.4. The zero-order valence-corrected chi connectivity index (χ0v) is 18.1. The Morgan fingerprint density at radius 1 is 1.05 bits per heavy atom. The molecule has 0 atom stereocenters. The van der Waals surface area contributed by atoms with Crippen molar-refractivity contribution in [3.8, 4) is 0 Å². The first-order valence-electron chi connectivity index (χ1n) is 6.41. The van der Waals surface area contributed by atoms with Crippen LogP contribution in [0.15, 0.2) is 0 Å². The maximum absolute atomic E-state index is 12.8. The average molecular weight is 405 g/mol. The van der Waals surface area contributed by atoms with Gasteiger partial charge in [-0.1, -0.05) is 15.9 Å². The van der Waals surface area contributed by atoms with Gasteiger partial charge in [-0.15, -0.1) is 0 Å². The molecule has 0 aliphatic rings. The Morgan fingerprint density at radius 2 is 1.40 bits per heavy atom. The van der Waals surface area contributed by atoms with E-state index < -0.39 is 34.5 Å². The summed E-state index contributed by atoms with van der Waals surface area (Å²) in [5.74, 6) is -0.490. The fourth-order valence-corrected chi connectivity index (χ4v) is 9.19. The van der Waals surface area contributed by atoms with Crippen LogP contribution in [-0.2, 0) is 22.5 Å². The van der Waals surface area contributed by atoms with Gasteiger partial charge in [-0.05, 0) is 53.1 Å². The lowest BCUT2D eigenvalue weighted by molar-refractivity contribution is -0.143. The topological polar surface area (TPSA) is 61.8 Å². The molecule has 0 rings (SSSR count). The summed E-state index contributed by atoms with van der Waals surface area (Å²) in [6.45, 7) is 14.9. The highest BCUT2D eigenvalue weighted by atomic mass is 79.9. The minimum atomic E-state index is -3.43. The first-order chi connectivity index (χ1) is 8.54. The molecule has 0 aliphatic heterocycles. The van der Waals surface area contributed by atoms with Crippen LogP contribution in [0, 0.1) is 0 Å². The van der Waals surface area contributed by atoms with E-state index in [0.717, 1.165) is 0 Å². The molecule has 0 aliphatic carbocycles. The highest BCUT2D eigenvalue weighted by Crippen LogP contribution is 2.53. The molecular formula is C11H26BrO5PSi2. The van der Waals surface area contributed by atoms with Crippen molar-refractivity contribution >= 4 is 46.1 Å². The van der Waals surface area contributed by atoms with Gasteiger partial charge in [0.25, 0.3) is 0 Å². The summed E-state index contributed by atoms with van der Waals surface area (Å²) in [6, 6.07) is 0. The molecule has 0 spiro atoms. The quantitative estimate of drug-likeness (QED) is 0.269. The van der Waals surface area contributed by atoms with Gasteiger partial charge in [0.2, 0.25) is 0 Å². The van der Waals surface area contributed by atoms with Crippen molar-refractivity contribution in [1.29, 1.82) is 0 Å². The maximum Gasteiger partial charge on any atom is 0.348 e. The molecule has 0 unspecified atom stereocenters. The largest absolute Gasteiger partial charge is 0.452 e. The number of carbonyl (C=O) groups excluding carboxylic acids is 1. The van der Waals surface area contributed by atoms with Crippen LogP contribution in [-0.4, -0.2) is 33.3 Å². The third-order valence-corrected chi connectivity index (χ3v) is 9.04. The van der Waals surface area contributed by atoms with Crippen LogP contribution in [0.4, 0.5) is 0 Å². The standard InChI is InChI=1S/C11H26BrO5PSi2/c1-11(2,12)10(13)15-9-18(14,16-19(3,4)5)17-20(6,7)8/h9H2,1-8H3. The highest BCUT2D eigenvalue weighted by molar-refractivity contribution is 9.10. The van der Waals surface area contributed by atoms with Crippen molar-refractivity contribution in [2.75, 3.05) is 6.35 Å². The summed E-state index contributed by atoms with van der Waals surface area (Å²) >= 11 is 3.21. The maximum atomic E-state index is 12.8. The summed E-state index contributed by atoms with van der Waals surface area (Å²) in [5, 5.41) is 0. The van der Waals surface area contributed by atoms with E-state index in [2.05, 4.69) is 15.9 Å². The third kappa shape index (κ3) is 9.47. The second-order valence-electron chi connectivity index (χ2n) is 7.05. The lowest BCUT2D eigenvalue weighted by Crippen LogP contribution is -2.33. The van der Waals surface area contributed by atoms with Gasteiger partial charge in [0, 0.05) is 0 Å². The number of hydrogen-bond donors (Lipinski definition) is 0. The number of hydrogen-bond acceptors (Lipinski definition) is 5. The van der Waals surface area contributed by atoms with Crippen molar-refractivity contribution in [2.45, 2.75) is 57.5 Å². The Kier molecular flexibility index (Phi) is 6.93. The molecule has 0 aromatic carbocycles. The van der Waals surface area contributed by atoms with E-state index in [1.54, 1.807) is 13.8 Å². The summed E-state index contributed by atoms with van der Waals surface area (Å²) in [5.41, 5.74) is 0. The molecule has 0 bridgehead atoms. The lowest BCUT2D eigenvalue weighted by atomic mass is 10.2. The van der Waals surface area contributed by atoms with Gasteiger partial charge in [0.05, 0.1) is 0 Å². The minimum absolute atomic E-state index is 0.338. The van der Waals surface area contributed by atoms with Gasteiger partial charge >= 0.3 is 13.6 Å². The van der Waals surface area contributed by atoms with Gasteiger partial charge in [0.1, 0.15) is 4.32 Å². The summed E-state index contributed by atoms with van der Waals surface area (Å²) in [4.78, 5) is 11.8. The fourth-order valence-electron chi connectivity index (χ4n) is 1.22. The predicted octanol–water partition coefficient (Wildman–Crippen LogP) is 4.56. The number of rotatable bonds is 7. The zero-order valence-electron chi connectivity index (χ0n) is 13.6. The molecular weight excluding hydrogens is 379 g/mol. The number of ether oxygens (including phenoxy) is 1.